The van der Waals surface area contributed by atoms with Gasteiger partial charge in [-0.3, -0.25) is 4.79 Å². The minimum atomic E-state index is -0.109. The van der Waals surface area contributed by atoms with E-state index in [1.165, 1.54) is 12.8 Å². The zero-order chi connectivity index (χ0) is 14.1. The van der Waals surface area contributed by atoms with Gasteiger partial charge in [0.25, 0.3) is 5.91 Å². The molecule has 0 spiro atoms. The summed E-state index contributed by atoms with van der Waals surface area (Å²) in [7, 11) is 0. The van der Waals surface area contributed by atoms with Crippen LogP contribution in [0.2, 0.25) is 0 Å². The van der Waals surface area contributed by atoms with E-state index < -0.39 is 0 Å². The highest BCUT2D eigenvalue weighted by Gasteiger charge is 2.30. The monoisotopic (exact) mass is 333 g/mol. The van der Waals surface area contributed by atoms with Crippen molar-refractivity contribution in [1.29, 1.82) is 0 Å². The van der Waals surface area contributed by atoms with Gasteiger partial charge in [-0.05, 0) is 49.9 Å². The molecule has 4 nitrogen and oxygen atoms in total. The number of nitrogens with zero attached hydrogens (tertiary/aromatic N) is 2. The molecule has 1 amide bonds. The van der Waals surface area contributed by atoms with Crippen LogP contribution in [0.3, 0.4) is 0 Å². The molecule has 1 aromatic carbocycles. The van der Waals surface area contributed by atoms with E-state index in [0.717, 1.165) is 10.3 Å². The SMILES string of the molecule is C[C@@H](C1CC1)n1nccc1NC(=O)c1ccc(Br)cc1. The molecule has 0 aliphatic heterocycles. The van der Waals surface area contributed by atoms with Gasteiger partial charge in [-0.2, -0.15) is 5.10 Å². The van der Waals surface area contributed by atoms with Crippen molar-refractivity contribution in [3.63, 3.8) is 0 Å². The van der Waals surface area contributed by atoms with Gasteiger partial charge < -0.3 is 5.32 Å². The van der Waals surface area contributed by atoms with Gasteiger partial charge in [-0.15, -0.1) is 0 Å². The molecule has 3 rings (SSSR count). The van der Waals surface area contributed by atoms with Gasteiger partial charge in [0, 0.05) is 16.1 Å². The molecule has 2 aromatic rings. The van der Waals surface area contributed by atoms with E-state index in [1.54, 1.807) is 18.3 Å². The highest BCUT2D eigenvalue weighted by molar-refractivity contribution is 9.10. The topological polar surface area (TPSA) is 46.9 Å². The molecule has 1 atom stereocenters. The van der Waals surface area contributed by atoms with Crippen LogP contribution in [-0.4, -0.2) is 15.7 Å². The first-order valence-electron chi connectivity index (χ1n) is 6.75. The molecule has 1 aliphatic rings. The normalized spacial score (nSPS) is 15.9. The Bertz CT molecular complexity index is 616. The number of anilines is 1. The average Bonchev–Trinajstić information content (AvgIpc) is 3.19. The number of hydrogen-bond donors (Lipinski definition) is 1. The Balaban J connectivity index is 1.76. The second-order valence-electron chi connectivity index (χ2n) is 5.20. The maximum atomic E-state index is 12.2. The third-order valence-electron chi connectivity index (χ3n) is 3.71. The van der Waals surface area contributed by atoms with E-state index in [2.05, 4.69) is 33.3 Å². The molecule has 1 saturated carbocycles. The lowest BCUT2D eigenvalue weighted by Gasteiger charge is -2.15. The number of benzene rings is 1. The lowest BCUT2D eigenvalue weighted by Crippen LogP contribution is -2.18. The van der Waals surface area contributed by atoms with E-state index in [0.29, 0.717) is 17.5 Å². The zero-order valence-corrected chi connectivity index (χ0v) is 12.8. The number of aromatic nitrogens is 2. The molecular weight excluding hydrogens is 318 g/mol. The summed E-state index contributed by atoms with van der Waals surface area (Å²) < 4.78 is 2.87. The number of rotatable bonds is 4. The predicted octanol–water partition coefficient (Wildman–Crippen LogP) is 3.87. The molecule has 0 bridgehead atoms. The minimum absolute atomic E-state index is 0.109. The first-order valence-corrected chi connectivity index (χ1v) is 7.55. The molecule has 1 heterocycles. The summed E-state index contributed by atoms with van der Waals surface area (Å²) in [4.78, 5) is 12.2. The molecule has 0 radical (unpaired) electrons. The fourth-order valence-electron chi connectivity index (χ4n) is 2.31. The van der Waals surface area contributed by atoms with Gasteiger partial charge in [-0.1, -0.05) is 15.9 Å². The molecule has 104 valence electrons. The van der Waals surface area contributed by atoms with Crippen molar-refractivity contribution in [2.24, 2.45) is 5.92 Å². The molecule has 1 aliphatic carbocycles. The summed E-state index contributed by atoms with van der Waals surface area (Å²) in [6.45, 7) is 2.15. The number of hydrogen-bond acceptors (Lipinski definition) is 2. The minimum Gasteiger partial charge on any atom is -0.307 e. The van der Waals surface area contributed by atoms with Crippen molar-refractivity contribution in [1.82, 2.24) is 9.78 Å². The number of amides is 1. The number of carbonyl (C=O) groups excluding carboxylic acids is 1. The van der Waals surface area contributed by atoms with Crippen LogP contribution in [0.15, 0.2) is 41.0 Å². The van der Waals surface area contributed by atoms with Crippen molar-refractivity contribution in [2.75, 3.05) is 5.32 Å². The molecule has 1 aromatic heterocycles. The highest BCUT2D eigenvalue weighted by Crippen LogP contribution is 2.40. The molecule has 20 heavy (non-hydrogen) atoms. The van der Waals surface area contributed by atoms with Gasteiger partial charge >= 0.3 is 0 Å². The van der Waals surface area contributed by atoms with Crippen LogP contribution < -0.4 is 5.32 Å². The van der Waals surface area contributed by atoms with Crippen LogP contribution in [0.25, 0.3) is 0 Å². The van der Waals surface area contributed by atoms with E-state index in [4.69, 9.17) is 0 Å². The third-order valence-corrected chi connectivity index (χ3v) is 4.24. The third kappa shape index (κ3) is 2.77. The summed E-state index contributed by atoms with van der Waals surface area (Å²) in [5.41, 5.74) is 0.639. The zero-order valence-electron chi connectivity index (χ0n) is 11.2. The summed E-state index contributed by atoms with van der Waals surface area (Å²) in [5.74, 6) is 1.35. The maximum absolute atomic E-state index is 12.2. The molecular formula is C15H16BrN3O. The first kappa shape index (κ1) is 13.4. The van der Waals surface area contributed by atoms with Crippen molar-refractivity contribution >= 4 is 27.7 Å². The molecule has 5 heteroatoms. The van der Waals surface area contributed by atoms with E-state index in [9.17, 15) is 4.79 Å². The summed E-state index contributed by atoms with van der Waals surface area (Å²) in [6, 6.07) is 9.49. The Morgan fingerprint density at radius 2 is 2.05 bits per heavy atom. The smallest absolute Gasteiger partial charge is 0.256 e. The average molecular weight is 334 g/mol. The highest BCUT2D eigenvalue weighted by atomic mass is 79.9. The van der Waals surface area contributed by atoms with Crippen molar-refractivity contribution in [3.05, 3.63) is 46.6 Å². The Morgan fingerprint density at radius 1 is 1.35 bits per heavy atom. The van der Waals surface area contributed by atoms with E-state index in [-0.39, 0.29) is 5.91 Å². The van der Waals surface area contributed by atoms with Crippen LogP contribution in [0.1, 0.15) is 36.2 Å². The summed E-state index contributed by atoms with van der Waals surface area (Å²) in [6.07, 6.45) is 4.23. The van der Waals surface area contributed by atoms with Crippen LogP contribution >= 0.6 is 15.9 Å². The Hall–Kier alpha value is -1.62. The Morgan fingerprint density at radius 3 is 2.70 bits per heavy atom. The molecule has 1 fully saturated rings. The van der Waals surface area contributed by atoms with Gasteiger partial charge in [0.2, 0.25) is 0 Å². The van der Waals surface area contributed by atoms with Gasteiger partial charge in [-0.25, -0.2) is 4.68 Å². The second-order valence-corrected chi connectivity index (χ2v) is 6.12. The summed E-state index contributed by atoms with van der Waals surface area (Å²) >= 11 is 3.36. The number of halogens is 1. The predicted molar refractivity (Wildman–Crippen MR) is 81.8 cm³/mol. The second kappa shape index (κ2) is 5.40. The van der Waals surface area contributed by atoms with Crippen molar-refractivity contribution in [3.8, 4) is 0 Å². The fraction of sp³-hybridized carbons (Fsp3) is 0.333. The van der Waals surface area contributed by atoms with Crippen LogP contribution in [0, 0.1) is 5.92 Å². The lowest BCUT2D eigenvalue weighted by atomic mass is 10.2. The largest absolute Gasteiger partial charge is 0.307 e. The Kier molecular flexibility index (Phi) is 3.61. The standard InChI is InChI=1S/C15H16BrN3O/c1-10(11-2-3-11)19-14(8-9-17-19)18-15(20)12-4-6-13(16)7-5-12/h4-11H,2-3H2,1H3,(H,18,20)/t10-/m0/s1. The quantitative estimate of drug-likeness (QED) is 0.923. The van der Waals surface area contributed by atoms with Crippen LogP contribution in [0.4, 0.5) is 5.82 Å². The van der Waals surface area contributed by atoms with Crippen LogP contribution in [-0.2, 0) is 0 Å². The number of nitrogens with one attached hydrogen (secondary N) is 1. The van der Waals surface area contributed by atoms with Crippen molar-refractivity contribution in [2.45, 2.75) is 25.8 Å². The maximum Gasteiger partial charge on any atom is 0.256 e. The number of carbonyl (C=O) groups is 1. The van der Waals surface area contributed by atoms with Gasteiger partial charge in [0.05, 0.1) is 12.2 Å². The van der Waals surface area contributed by atoms with Crippen molar-refractivity contribution < 1.29 is 4.79 Å². The van der Waals surface area contributed by atoms with E-state index in [1.807, 2.05) is 22.9 Å². The fourth-order valence-corrected chi connectivity index (χ4v) is 2.57. The Labute approximate surface area is 126 Å². The molecule has 0 saturated heterocycles. The van der Waals surface area contributed by atoms with E-state index >= 15 is 0 Å². The molecule has 1 N–H and O–H groups in total. The van der Waals surface area contributed by atoms with Gasteiger partial charge in [0.1, 0.15) is 5.82 Å². The lowest BCUT2D eigenvalue weighted by molar-refractivity contribution is 0.102. The van der Waals surface area contributed by atoms with Crippen LogP contribution in [0.5, 0.6) is 0 Å². The summed E-state index contributed by atoms with van der Waals surface area (Å²) in [5, 5.41) is 7.27. The molecule has 0 unspecified atom stereocenters. The van der Waals surface area contributed by atoms with Gasteiger partial charge in [0.15, 0.2) is 0 Å². The first-order chi connectivity index (χ1) is 9.65.